The van der Waals surface area contributed by atoms with Crippen LogP contribution in [0.25, 0.3) is 0 Å². The van der Waals surface area contributed by atoms with E-state index in [0.717, 1.165) is 56.5 Å². The molecule has 0 aromatic carbocycles. The summed E-state index contributed by atoms with van der Waals surface area (Å²) < 4.78 is 2.29. The quantitative estimate of drug-likeness (QED) is 0.684. The normalized spacial score (nSPS) is 14.5. The topological polar surface area (TPSA) is 50.1 Å². The third-order valence-electron chi connectivity index (χ3n) is 4.65. The Hall–Kier alpha value is -2.57. The van der Waals surface area contributed by atoms with Gasteiger partial charge >= 0.3 is 0 Å². The summed E-state index contributed by atoms with van der Waals surface area (Å²) in [5, 5.41) is 0. The minimum absolute atomic E-state index is 0.842. The van der Waals surface area contributed by atoms with Gasteiger partial charge in [0.25, 0.3) is 0 Å². The van der Waals surface area contributed by atoms with Gasteiger partial charge in [-0.25, -0.2) is 4.98 Å². The van der Waals surface area contributed by atoms with Gasteiger partial charge in [0.05, 0.1) is 17.9 Å². The zero-order valence-corrected chi connectivity index (χ0v) is 15.1. The molecule has 0 saturated heterocycles. The molecule has 0 aliphatic carbocycles. The Bertz CT molecular complexity index is 830. The molecule has 6 nitrogen and oxygen atoms in total. The van der Waals surface area contributed by atoms with E-state index < -0.39 is 0 Å². The molecule has 4 rings (SSSR count). The van der Waals surface area contributed by atoms with Crippen LogP contribution in [0.2, 0.25) is 0 Å². The second-order valence-electron chi connectivity index (χ2n) is 6.91. The maximum absolute atomic E-state index is 4.87. The summed E-state index contributed by atoms with van der Waals surface area (Å²) in [4.78, 5) is 18.2. The Morgan fingerprint density at radius 3 is 2.81 bits per heavy atom. The van der Waals surface area contributed by atoms with Crippen LogP contribution in [0.1, 0.15) is 22.8 Å². The van der Waals surface area contributed by atoms with E-state index in [1.165, 1.54) is 5.56 Å². The van der Waals surface area contributed by atoms with Gasteiger partial charge in [-0.2, -0.15) is 0 Å². The molecule has 6 heteroatoms. The van der Waals surface area contributed by atoms with Gasteiger partial charge in [0.2, 0.25) is 0 Å². The van der Waals surface area contributed by atoms with Crippen LogP contribution in [-0.2, 0) is 32.7 Å². The highest BCUT2D eigenvalue weighted by molar-refractivity contribution is 5.10. The Labute approximate surface area is 154 Å². The smallest absolute Gasteiger partial charge is 0.123 e. The molecule has 0 saturated carbocycles. The number of fused-ring (bicyclic) bond motifs is 1. The first-order valence-electron chi connectivity index (χ1n) is 9.01. The van der Waals surface area contributed by atoms with Crippen molar-refractivity contribution < 1.29 is 0 Å². The maximum atomic E-state index is 4.87. The molecule has 3 aromatic rings. The highest BCUT2D eigenvalue weighted by Gasteiger charge is 2.19. The summed E-state index contributed by atoms with van der Waals surface area (Å²) in [6, 6.07) is 10.2. The van der Waals surface area contributed by atoms with E-state index in [4.69, 9.17) is 4.98 Å². The zero-order valence-electron chi connectivity index (χ0n) is 15.1. The minimum Gasteiger partial charge on any atom is -0.332 e. The second-order valence-corrected chi connectivity index (χ2v) is 6.91. The lowest BCUT2D eigenvalue weighted by molar-refractivity contribution is 0.206. The summed E-state index contributed by atoms with van der Waals surface area (Å²) in [5.74, 6) is 1.15. The van der Waals surface area contributed by atoms with Crippen molar-refractivity contribution in [3.05, 3.63) is 77.9 Å². The summed E-state index contributed by atoms with van der Waals surface area (Å²) in [5.41, 5.74) is 3.47. The van der Waals surface area contributed by atoms with Crippen LogP contribution in [0.3, 0.4) is 0 Å². The van der Waals surface area contributed by atoms with Crippen LogP contribution >= 0.6 is 0 Å². The lowest BCUT2D eigenvalue weighted by Gasteiger charge is -2.27. The molecule has 0 spiro atoms. The summed E-state index contributed by atoms with van der Waals surface area (Å²) in [6.07, 6.45) is 7.79. The van der Waals surface area contributed by atoms with Crippen molar-refractivity contribution in [2.24, 2.45) is 0 Å². The van der Waals surface area contributed by atoms with Crippen molar-refractivity contribution in [2.75, 3.05) is 13.6 Å². The third kappa shape index (κ3) is 4.15. The van der Waals surface area contributed by atoms with Crippen LogP contribution in [0.4, 0.5) is 0 Å². The standard InChI is InChI=1S/C20H24N6/c1-24(12-17-5-4-7-21-11-17)13-19-15-26-10-9-25(16-20(26)23-19)14-18-6-2-3-8-22-18/h2-8,11,15H,9-10,12-14,16H2,1H3. The number of aromatic nitrogens is 4. The number of rotatable bonds is 6. The van der Waals surface area contributed by atoms with E-state index in [-0.39, 0.29) is 0 Å². The number of imidazole rings is 1. The van der Waals surface area contributed by atoms with Gasteiger partial charge in [0, 0.05) is 57.5 Å². The molecule has 0 unspecified atom stereocenters. The number of hydrogen-bond acceptors (Lipinski definition) is 5. The molecule has 1 aliphatic heterocycles. The molecule has 0 amide bonds. The number of hydrogen-bond donors (Lipinski definition) is 0. The Morgan fingerprint density at radius 1 is 1.04 bits per heavy atom. The van der Waals surface area contributed by atoms with E-state index in [1.807, 2.05) is 36.8 Å². The van der Waals surface area contributed by atoms with Gasteiger partial charge in [0.15, 0.2) is 0 Å². The molecule has 1 aliphatic rings. The molecule has 0 N–H and O–H groups in total. The predicted octanol–water partition coefficient (Wildman–Crippen LogP) is 2.32. The Kier molecular flexibility index (Phi) is 5.04. The molecular formula is C20H24N6. The van der Waals surface area contributed by atoms with E-state index in [2.05, 4.69) is 49.7 Å². The Balaban J connectivity index is 1.36. The van der Waals surface area contributed by atoms with Gasteiger partial charge in [-0.3, -0.25) is 19.8 Å². The molecule has 0 atom stereocenters. The lowest BCUT2D eigenvalue weighted by Crippen LogP contribution is -2.33. The third-order valence-corrected chi connectivity index (χ3v) is 4.65. The van der Waals surface area contributed by atoms with E-state index >= 15 is 0 Å². The lowest BCUT2D eigenvalue weighted by atomic mass is 10.2. The largest absolute Gasteiger partial charge is 0.332 e. The van der Waals surface area contributed by atoms with Crippen molar-refractivity contribution in [1.82, 2.24) is 29.3 Å². The molecule has 134 valence electrons. The monoisotopic (exact) mass is 348 g/mol. The van der Waals surface area contributed by atoms with Crippen molar-refractivity contribution in [3.63, 3.8) is 0 Å². The van der Waals surface area contributed by atoms with E-state index in [1.54, 1.807) is 0 Å². The first kappa shape index (κ1) is 16.9. The van der Waals surface area contributed by atoms with Crippen LogP contribution in [-0.4, -0.2) is 42.9 Å². The van der Waals surface area contributed by atoms with Crippen LogP contribution in [0.15, 0.2) is 55.1 Å². The molecule has 3 aromatic heterocycles. The van der Waals surface area contributed by atoms with Gasteiger partial charge in [-0.15, -0.1) is 0 Å². The molecule has 0 fully saturated rings. The Morgan fingerprint density at radius 2 is 2.00 bits per heavy atom. The van der Waals surface area contributed by atoms with Crippen LogP contribution < -0.4 is 0 Å². The predicted molar refractivity (Wildman–Crippen MR) is 100.0 cm³/mol. The molecular weight excluding hydrogens is 324 g/mol. The highest BCUT2D eigenvalue weighted by Crippen LogP contribution is 2.16. The SMILES string of the molecule is CN(Cc1cccnc1)Cc1cn2c(n1)CN(Cc1ccccn1)CC2. The first-order chi connectivity index (χ1) is 12.8. The molecule has 4 heterocycles. The molecule has 26 heavy (non-hydrogen) atoms. The average Bonchev–Trinajstić information content (AvgIpc) is 3.04. The summed E-state index contributed by atoms with van der Waals surface area (Å²) in [7, 11) is 2.12. The van der Waals surface area contributed by atoms with E-state index in [0.29, 0.717) is 0 Å². The fourth-order valence-electron chi connectivity index (χ4n) is 3.43. The highest BCUT2D eigenvalue weighted by atomic mass is 15.2. The minimum atomic E-state index is 0.842. The second kappa shape index (κ2) is 7.76. The summed E-state index contributed by atoms with van der Waals surface area (Å²) in [6.45, 7) is 5.50. The average molecular weight is 348 g/mol. The number of pyridine rings is 2. The number of nitrogens with zero attached hydrogens (tertiary/aromatic N) is 6. The fraction of sp³-hybridized carbons (Fsp3) is 0.350. The van der Waals surface area contributed by atoms with Crippen molar-refractivity contribution in [1.29, 1.82) is 0 Å². The van der Waals surface area contributed by atoms with Gasteiger partial charge in [-0.05, 0) is 30.8 Å². The summed E-state index contributed by atoms with van der Waals surface area (Å²) >= 11 is 0. The van der Waals surface area contributed by atoms with Crippen LogP contribution in [0.5, 0.6) is 0 Å². The molecule has 0 bridgehead atoms. The van der Waals surface area contributed by atoms with E-state index in [9.17, 15) is 0 Å². The van der Waals surface area contributed by atoms with Crippen molar-refractivity contribution >= 4 is 0 Å². The van der Waals surface area contributed by atoms with Gasteiger partial charge in [0.1, 0.15) is 5.82 Å². The maximum Gasteiger partial charge on any atom is 0.123 e. The van der Waals surface area contributed by atoms with Gasteiger partial charge in [-0.1, -0.05) is 12.1 Å². The van der Waals surface area contributed by atoms with Crippen molar-refractivity contribution in [3.8, 4) is 0 Å². The van der Waals surface area contributed by atoms with Crippen LogP contribution in [0, 0.1) is 0 Å². The van der Waals surface area contributed by atoms with Crippen molar-refractivity contribution in [2.45, 2.75) is 32.7 Å². The molecule has 0 radical (unpaired) electrons. The zero-order chi connectivity index (χ0) is 17.8. The first-order valence-corrected chi connectivity index (χ1v) is 9.01. The van der Waals surface area contributed by atoms with Gasteiger partial charge < -0.3 is 4.57 Å². The fourth-order valence-corrected chi connectivity index (χ4v) is 3.43.